The van der Waals surface area contributed by atoms with E-state index in [1.54, 1.807) is 11.3 Å². The second kappa shape index (κ2) is 5.85. The van der Waals surface area contributed by atoms with Gasteiger partial charge in [-0.15, -0.1) is 11.3 Å². The number of hydrogen-bond acceptors (Lipinski definition) is 2. The second-order valence-corrected chi connectivity index (χ2v) is 5.65. The molecule has 1 nitrogen and oxygen atoms in total. The molecule has 1 aromatic heterocycles. The summed E-state index contributed by atoms with van der Waals surface area (Å²) in [6.07, 6.45) is 4.29. The molecule has 1 heterocycles. The molecule has 0 aliphatic rings. The molecule has 0 saturated carbocycles. The number of hydrogen-bond donors (Lipinski definition) is 0. The van der Waals surface area contributed by atoms with Gasteiger partial charge >= 0.3 is 0 Å². The zero-order chi connectivity index (χ0) is 13.8. The summed E-state index contributed by atoms with van der Waals surface area (Å²) in [6.45, 7) is 2.04. The molecule has 0 saturated heterocycles. The molecule has 98 valence electrons. The van der Waals surface area contributed by atoms with E-state index in [1.165, 1.54) is 16.7 Å². The molecule has 0 N–H and O–H groups in total. The predicted molar refractivity (Wildman–Crippen MR) is 87.7 cm³/mol. The predicted octanol–water partition coefficient (Wildman–Crippen LogP) is 5.29. The zero-order valence-corrected chi connectivity index (χ0v) is 12.1. The van der Waals surface area contributed by atoms with Crippen molar-refractivity contribution in [2.24, 2.45) is 0 Å². The van der Waals surface area contributed by atoms with Crippen LogP contribution in [0, 0.1) is 6.92 Å². The van der Waals surface area contributed by atoms with Crippen LogP contribution in [0.3, 0.4) is 0 Å². The van der Waals surface area contributed by atoms with Crippen LogP contribution in [0.5, 0.6) is 0 Å². The van der Waals surface area contributed by atoms with Gasteiger partial charge in [0.2, 0.25) is 0 Å². The molecule has 0 unspecified atom stereocenters. The van der Waals surface area contributed by atoms with E-state index in [0.717, 1.165) is 10.7 Å². The quantitative estimate of drug-likeness (QED) is 0.593. The lowest BCUT2D eigenvalue weighted by atomic mass is 10.0. The average molecular weight is 277 g/mol. The molecule has 3 aromatic rings. The van der Waals surface area contributed by atoms with Gasteiger partial charge in [-0.1, -0.05) is 66.7 Å². The first-order chi connectivity index (χ1) is 9.83. The van der Waals surface area contributed by atoms with Gasteiger partial charge in [-0.2, -0.15) is 0 Å². The van der Waals surface area contributed by atoms with Crippen LogP contribution in [-0.4, -0.2) is 4.98 Å². The van der Waals surface area contributed by atoms with Crippen molar-refractivity contribution in [2.45, 2.75) is 6.92 Å². The molecular formula is C18H15NS. The highest BCUT2D eigenvalue weighted by molar-refractivity contribution is 7.09. The minimum absolute atomic E-state index is 1.06. The Hall–Kier alpha value is -2.19. The Morgan fingerprint density at radius 1 is 0.900 bits per heavy atom. The van der Waals surface area contributed by atoms with Crippen LogP contribution < -0.4 is 0 Å². The molecule has 0 aliphatic carbocycles. The summed E-state index contributed by atoms with van der Waals surface area (Å²) in [5.41, 5.74) is 4.64. The van der Waals surface area contributed by atoms with Gasteiger partial charge in [0.15, 0.2) is 0 Å². The Labute approximate surface area is 123 Å². The molecule has 2 heteroatoms. The van der Waals surface area contributed by atoms with Crippen molar-refractivity contribution >= 4 is 23.5 Å². The normalized spacial score (nSPS) is 11.1. The number of aryl methyl sites for hydroxylation is 1. The summed E-state index contributed by atoms with van der Waals surface area (Å²) in [6, 6.07) is 18.7. The van der Waals surface area contributed by atoms with E-state index >= 15 is 0 Å². The first-order valence-electron chi connectivity index (χ1n) is 6.57. The van der Waals surface area contributed by atoms with Crippen LogP contribution >= 0.6 is 11.3 Å². The molecule has 0 bridgehead atoms. The third kappa shape index (κ3) is 2.86. The number of benzene rings is 2. The van der Waals surface area contributed by atoms with Crippen molar-refractivity contribution in [3.05, 3.63) is 76.1 Å². The van der Waals surface area contributed by atoms with Crippen molar-refractivity contribution in [1.29, 1.82) is 0 Å². The molecular weight excluding hydrogens is 262 g/mol. The number of thiazole rings is 1. The van der Waals surface area contributed by atoms with Crippen LogP contribution in [0.4, 0.5) is 0 Å². The van der Waals surface area contributed by atoms with Crippen molar-refractivity contribution < 1.29 is 0 Å². The Bertz CT molecular complexity index is 726. The Kier molecular flexibility index (Phi) is 3.75. The lowest BCUT2D eigenvalue weighted by Crippen LogP contribution is -1.83. The maximum absolute atomic E-state index is 4.58. The zero-order valence-electron chi connectivity index (χ0n) is 11.3. The van der Waals surface area contributed by atoms with Crippen LogP contribution in [0.2, 0.25) is 0 Å². The fraction of sp³-hybridized carbons (Fsp3) is 0.0556. The summed E-state index contributed by atoms with van der Waals surface area (Å²) < 4.78 is 0. The third-order valence-corrected chi connectivity index (χ3v) is 3.88. The lowest BCUT2D eigenvalue weighted by molar-refractivity contribution is 1.30. The number of aromatic nitrogens is 1. The summed E-state index contributed by atoms with van der Waals surface area (Å²) in [7, 11) is 0. The van der Waals surface area contributed by atoms with E-state index in [-0.39, 0.29) is 0 Å². The van der Waals surface area contributed by atoms with Crippen LogP contribution in [0.25, 0.3) is 23.4 Å². The smallest absolute Gasteiger partial charge is 0.0901 e. The molecule has 3 rings (SSSR count). The molecule has 2 aromatic carbocycles. The molecule has 0 fully saturated rings. The van der Waals surface area contributed by atoms with Gasteiger partial charge in [0.05, 0.1) is 10.7 Å². The highest BCUT2D eigenvalue weighted by Crippen LogP contribution is 2.26. The van der Waals surface area contributed by atoms with E-state index in [2.05, 4.69) is 71.0 Å². The van der Waals surface area contributed by atoms with Gasteiger partial charge < -0.3 is 0 Å². The standard InChI is InChI=1S/C18H15NS/c1-14-19-18(13-20-14)17-10-6-5-9-16(17)12-11-15-7-3-2-4-8-15/h2-13H,1H3. The topological polar surface area (TPSA) is 12.9 Å². The minimum Gasteiger partial charge on any atom is -0.242 e. The van der Waals surface area contributed by atoms with Gasteiger partial charge in [0.25, 0.3) is 0 Å². The summed E-state index contributed by atoms with van der Waals surface area (Å²) in [5.74, 6) is 0. The van der Waals surface area contributed by atoms with Crippen molar-refractivity contribution in [3.8, 4) is 11.3 Å². The van der Waals surface area contributed by atoms with Crippen LogP contribution in [0.15, 0.2) is 60.0 Å². The first kappa shape index (κ1) is 12.8. The fourth-order valence-electron chi connectivity index (χ4n) is 2.11. The van der Waals surface area contributed by atoms with Gasteiger partial charge in [-0.25, -0.2) is 4.98 Å². The minimum atomic E-state index is 1.06. The van der Waals surface area contributed by atoms with Crippen molar-refractivity contribution in [1.82, 2.24) is 4.98 Å². The van der Waals surface area contributed by atoms with E-state index in [0.29, 0.717) is 0 Å². The molecule has 0 atom stereocenters. The van der Waals surface area contributed by atoms with Crippen LogP contribution in [-0.2, 0) is 0 Å². The van der Waals surface area contributed by atoms with Crippen molar-refractivity contribution in [3.63, 3.8) is 0 Å². The van der Waals surface area contributed by atoms with Gasteiger partial charge in [-0.3, -0.25) is 0 Å². The lowest BCUT2D eigenvalue weighted by Gasteiger charge is -2.02. The molecule has 0 spiro atoms. The average Bonchev–Trinajstić information content (AvgIpc) is 2.93. The molecule has 0 radical (unpaired) electrons. The van der Waals surface area contributed by atoms with E-state index in [4.69, 9.17) is 0 Å². The first-order valence-corrected chi connectivity index (χ1v) is 7.45. The maximum Gasteiger partial charge on any atom is 0.0901 e. The van der Waals surface area contributed by atoms with Gasteiger partial charge in [0, 0.05) is 10.9 Å². The highest BCUT2D eigenvalue weighted by Gasteiger charge is 2.05. The van der Waals surface area contributed by atoms with E-state index in [9.17, 15) is 0 Å². The molecule has 20 heavy (non-hydrogen) atoms. The van der Waals surface area contributed by atoms with Crippen LogP contribution in [0.1, 0.15) is 16.1 Å². The molecule has 0 aliphatic heterocycles. The van der Waals surface area contributed by atoms with E-state index < -0.39 is 0 Å². The second-order valence-electron chi connectivity index (χ2n) is 4.58. The Morgan fingerprint density at radius 3 is 2.40 bits per heavy atom. The SMILES string of the molecule is Cc1nc(-c2ccccc2C=Cc2ccccc2)cs1. The highest BCUT2D eigenvalue weighted by atomic mass is 32.1. The largest absolute Gasteiger partial charge is 0.242 e. The summed E-state index contributed by atoms with van der Waals surface area (Å²) in [5, 5.41) is 3.21. The fourth-order valence-corrected chi connectivity index (χ4v) is 2.73. The Morgan fingerprint density at radius 2 is 1.65 bits per heavy atom. The van der Waals surface area contributed by atoms with Gasteiger partial charge in [-0.05, 0) is 18.1 Å². The van der Waals surface area contributed by atoms with Gasteiger partial charge in [0.1, 0.15) is 0 Å². The third-order valence-electron chi connectivity index (χ3n) is 3.11. The summed E-state index contributed by atoms with van der Waals surface area (Å²) in [4.78, 5) is 4.58. The van der Waals surface area contributed by atoms with Crippen molar-refractivity contribution in [2.75, 3.05) is 0 Å². The summed E-state index contributed by atoms with van der Waals surface area (Å²) >= 11 is 1.69. The number of nitrogens with zero attached hydrogens (tertiary/aromatic N) is 1. The maximum atomic E-state index is 4.58. The Balaban J connectivity index is 1.96. The number of rotatable bonds is 3. The monoisotopic (exact) mass is 277 g/mol. The molecule has 0 amide bonds. The van der Waals surface area contributed by atoms with E-state index in [1.807, 2.05) is 13.0 Å².